The number of fused-ring (bicyclic) bond motifs is 1. The Balaban J connectivity index is 2.06. The van der Waals surface area contributed by atoms with E-state index in [0.717, 1.165) is 0 Å². The fourth-order valence-corrected chi connectivity index (χ4v) is 3.94. The summed E-state index contributed by atoms with van der Waals surface area (Å²) < 4.78 is 12.6. The molecule has 0 saturated carbocycles. The number of aliphatic hydroxyl groups is 2. The highest BCUT2D eigenvalue weighted by molar-refractivity contribution is 6.11. The molecular weight excluding hydrogens is 420 g/mol. The van der Waals surface area contributed by atoms with Crippen LogP contribution in [-0.4, -0.2) is 81.7 Å². The summed E-state index contributed by atoms with van der Waals surface area (Å²) in [5, 5.41) is 25.9. The molecule has 0 aliphatic carbocycles. The molecule has 12 heteroatoms. The van der Waals surface area contributed by atoms with Crippen molar-refractivity contribution in [1.82, 2.24) is 19.9 Å². The predicted molar refractivity (Wildman–Crippen MR) is 115 cm³/mol. The molecule has 0 bridgehead atoms. The van der Waals surface area contributed by atoms with E-state index in [1.807, 2.05) is 13.8 Å². The van der Waals surface area contributed by atoms with Gasteiger partial charge in [0.2, 0.25) is 5.91 Å². The van der Waals surface area contributed by atoms with Gasteiger partial charge in [0.25, 0.3) is 5.91 Å². The number of carbonyl (C=O) groups excluding carboxylic acids is 2. The van der Waals surface area contributed by atoms with E-state index in [-0.39, 0.29) is 34.2 Å². The van der Waals surface area contributed by atoms with Crippen LogP contribution in [0.3, 0.4) is 0 Å². The van der Waals surface area contributed by atoms with E-state index in [1.165, 1.54) is 24.2 Å². The van der Waals surface area contributed by atoms with Crippen LogP contribution in [0.2, 0.25) is 0 Å². The number of ether oxygens (including phenoxy) is 2. The minimum absolute atomic E-state index is 0.0705. The first kappa shape index (κ1) is 24.0. The number of primary amides is 1. The van der Waals surface area contributed by atoms with Crippen molar-refractivity contribution in [2.75, 3.05) is 26.1 Å². The van der Waals surface area contributed by atoms with Crippen molar-refractivity contribution >= 4 is 28.7 Å². The number of aromatic nitrogens is 3. The number of hydrogen-bond acceptors (Lipinski definition) is 9. The van der Waals surface area contributed by atoms with Crippen molar-refractivity contribution in [3.63, 3.8) is 0 Å². The number of aliphatic hydroxyl groups excluding tert-OH is 2. The van der Waals surface area contributed by atoms with E-state index in [1.54, 1.807) is 7.05 Å². The number of rotatable bonds is 9. The van der Waals surface area contributed by atoms with E-state index < -0.39 is 43.1 Å². The number of hydrogen-bond donors (Lipinski definition) is 5. The van der Waals surface area contributed by atoms with Crippen LogP contribution in [0.5, 0.6) is 0 Å². The molecular formula is C20H30N6O6. The lowest BCUT2D eigenvalue weighted by Crippen LogP contribution is -2.39. The van der Waals surface area contributed by atoms with Crippen molar-refractivity contribution in [2.45, 2.75) is 50.8 Å². The number of nitrogens with zero attached hydrogens (tertiary/aromatic N) is 3. The molecule has 1 aliphatic heterocycles. The number of methoxy groups -OCH3 is 1. The van der Waals surface area contributed by atoms with Gasteiger partial charge in [-0.3, -0.25) is 9.59 Å². The Morgan fingerprint density at radius 1 is 1.38 bits per heavy atom. The summed E-state index contributed by atoms with van der Waals surface area (Å²) in [6.07, 6.45) is -0.447. The summed E-state index contributed by atoms with van der Waals surface area (Å²) in [6, 6.07) is -0.462. The maximum atomic E-state index is 12.8. The number of likely N-dealkylation sites (N-methyl/N-ethyl adjacent to an activating group) is 1. The van der Waals surface area contributed by atoms with E-state index >= 15 is 0 Å². The molecule has 2 amide bonds. The molecule has 0 radical (unpaired) electrons. The van der Waals surface area contributed by atoms with Crippen LogP contribution in [0.1, 0.15) is 36.9 Å². The molecule has 0 aromatic carbocycles. The molecule has 0 spiro atoms. The van der Waals surface area contributed by atoms with Crippen LogP contribution in [0, 0.1) is 5.92 Å². The Kier molecular flexibility index (Phi) is 7.41. The Bertz CT molecular complexity index is 979. The summed E-state index contributed by atoms with van der Waals surface area (Å²) in [4.78, 5) is 33.5. The second-order valence-electron chi connectivity index (χ2n) is 8.13. The van der Waals surface area contributed by atoms with Gasteiger partial charge in [0.15, 0.2) is 6.23 Å². The van der Waals surface area contributed by atoms with E-state index in [9.17, 15) is 19.8 Å². The fraction of sp³-hybridized carbons (Fsp3) is 0.600. The normalized spacial score (nSPS) is 24.2. The van der Waals surface area contributed by atoms with Gasteiger partial charge in [0, 0.05) is 13.3 Å². The predicted octanol–water partition coefficient (Wildman–Crippen LogP) is -0.632. The quantitative estimate of drug-likeness (QED) is 0.333. The van der Waals surface area contributed by atoms with Crippen LogP contribution >= 0.6 is 0 Å². The Labute approximate surface area is 185 Å². The van der Waals surface area contributed by atoms with Gasteiger partial charge < -0.3 is 40.6 Å². The standard InChI is InChI=1S/C20H30N6O6/c1-9(2)5-11(22-3)19(30)25-17-13-10(16(21)29)6-26(18(13)24-8-23-17)20-15(31-4)14(28)12(7-27)32-20/h6,8-9,11-12,14-15,20,22,27-28H,5,7H2,1-4H3,(H2,21,29)(H,23,24,25,30)/t11?,12-,14?,15+,20-/m1/s1. The zero-order valence-electron chi connectivity index (χ0n) is 18.5. The van der Waals surface area contributed by atoms with Crippen molar-refractivity contribution in [2.24, 2.45) is 11.7 Å². The van der Waals surface area contributed by atoms with Crippen molar-refractivity contribution in [3.8, 4) is 0 Å². The number of carbonyl (C=O) groups is 2. The van der Waals surface area contributed by atoms with Gasteiger partial charge in [-0.05, 0) is 19.4 Å². The highest BCUT2D eigenvalue weighted by atomic mass is 16.6. The van der Waals surface area contributed by atoms with E-state index in [4.69, 9.17) is 15.2 Å². The van der Waals surface area contributed by atoms with E-state index in [0.29, 0.717) is 6.42 Å². The van der Waals surface area contributed by atoms with Crippen molar-refractivity contribution in [1.29, 1.82) is 0 Å². The molecule has 1 aliphatic rings. The number of nitrogens with two attached hydrogens (primary N) is 1. The molecule has 12 nitrogen and oxygen atoms in total. The molecule has 2 unspecified atom stereocenters. The molecule has 1 saturated heterocycles. The molecule has 176 valence electrons. The summed E-state index contributed by atoms with van der Waals surface area (Å²) >= 11 is 0. The third-order valence-corrected chi connectivity index (χ3v) is 5.53. The molecule has 1 fully saturated rings. The lowest BCUT2D eigenvalue weighted by atomic mass is 10.0. The highest BCUT2D eigenvalue weighted by Gasteiger charge is 2.45. The smallest absolute Gasteiger partial charge is 0.251 e. The van der Waals surface area contributed by atoms with Crippen LogP contribution < -0.4 is 16.4 Å². The zero-order chi connectivity index (χ0) is 23.6. The summed E-state index contributed by atoms with van der Waals surface area (Å²) in [7, 11) is 3.09. The maximum absolute atomic E-state index is 12.8. The zero-order valence-corrected chi connectivity index (χ0v) is 18.5. The minimum atomic E-state index is -1.10. The van der Waals surface area contributed by atoms with Gasteiger partial charge in [-0.1, -0.05) is 13.8 Å². The average Bonchev–Trinajstić information content (AvgIpc) is 3.29. The average molecular weight is 450 g/mol. The van der Waals surface area contributed by atoms with Gasteiger partial charge in [-0.2, -0.15) is 0 Å². The van der Waals surface area contributed by atoms with Gasteiger partial charge in [0.1, 0.15) is 36.1 Å². The third-order valence-electron chi connectivity index (χ3n) is 5.53. The maximum Gasteiger partial charge on any atom is 0.251 e. The van der Waals surface area contributed by atoms with Crippen molar-refractivity contribution < 1.29 is 29.3 Å². The number of nitrogens with one attached hydrogen (secondary N) is 2. The summed E-state index contributed by atoms with van der Waals surface area (Å²) in [6.45, 7) is 3.60. The first-order valence-electron chi connectivity index (χ1n) is 10.3. The monoisotopic (exact) mass is 450 g/mol. The van der Waals surface area contributed by atoms with E-state index in [2.05, 4.69) is 20.6 Å². The van der Waals surface area contributed by atoms with Gasteiger partial charge in [-0.25, -0.2) is 9.97 Å². The first-order valence-corrected chi connectivity index (χ1v) is 10.3. The van der Waals surface area contributed by atoms with Crippen LogP contribution in [0.15, 0.2) is 12.5 Å². The second kappa shape index (κ2) is 9.88. The molecule has 5 atom stereocenters. The number of amides is 2. The topological polar surface area (TPSA) is 174 Å². The Morgan fingerprint density at radius 2 is 2.09 bits per heavy atom. The largest absolute Gasteiger partial charge is 0.394 e. The lowest BCUT2D eigenvalue weighted by molar-refractivity contribution is -0.118. The molecule has 3 rings (SSSR count). The highest BCUT2D eigenvalue weighted by Crippen LogP contribution is 2.36. The second-order valence-corrected chi connectivity index (χ2v) is 8.13. The van der Waals surface area contributed by atoms with Crippen LogP contribution in [0.4, 0.5) is 5.82 Å². The fourth-order valence-electron chi connectivity index (χ4n) is 3.94. The molecule has 6 N–H and O–H groups in total. The SMILES string of the molecule is CNC(CC(C)C)C(=O)Nc1ncnc2c1c(C(N)=O)cn2[C@@H]1O[C@H](CO)C(O)[C@@H]1OC. The summed E-state index contributed by atoms with van der Waals surface area (Å²) in [5.74, 6) is -0.658. The molecule has 2 aromatic rings. The lowest BCUT2D eigenvalue weighted by Gasteiger charge is -2.20. The number of anilines is 1. The Hall–Kier alpha value is -2.64. The Morgan fingerprint density at radius 3 is 2.66 bits per heavy atom. The minimum Gasteiger partial charge on any atom is -0.394 e. The third kappa shape index (κ3) is 4.45. The van der Waals surface area contributed by atoms with Crippen LogP contribution in [-0.2, 0) is 14.3 Å². The van der Waals surface area contributed by atoms with Gasteiger partial charge in [-0.15, -0.1) is 0 Å². The van der Waals surface area contributed by atoms with Gasteiger partial charge >= 0.3 is 0 Å². The van der Waals surface area contributed by atoms with Crippen molar-refractivity contribution in [3.05, 3.63) is 18.1 Å². The van der Waals surface area contributed by atoms with Gasteiger partial charge in [0.05, 0.1) is 23.6 Å². The van der Waals surface area contributed by atoms with Crippen LogP contribution in [0.25, 0.3) is 11.0 Å². The summed E-state index contributed by atoms with van der Waals surface area (Å²) in [5.41, 5.74) is 5.92. The molecule has 32 heavy (non-hydrogen) atoms. The molecule has 3 heterocycles. The first-order chi connectivity index (χ1) is 15.2. The molecule has 2 aromatic heterocycles.